The monoisotopic (exact) mass is 380 g/mol. The topological polar surface area (TPSA) is 106 Å². The van der Waals surface area contributed by atoms with Crippen molar-refractivity contribution in [3.63, 3.8) is 0 Å². The van der Waals surface area contributed by atoms with Gasteiger partial charge in [0.15, 0.2) is 11.0 Å². The van der Waals surface area contributed by atoms with E-state index >= 15 is 0 Å². The van der Waals surface area contributed by atoms with E-state index in [-0.39, 0.29) is 11.9 Å². The molecule has 0 fully saturated rings. The largest absolute Gasteiger partial charge is 0.351 e. The van der Waals surface area contributed by atoms with Crippen molar-refractivity contribution in [2.24, 2.45) is 5.73 Å². The van der Waals surface area contributed by atoms with Gasteiger partial charge in [-0.2, -0.15) is 0 Å². The molecule has 0 saturated carbocycles. The highest BCUT2D eigenvalue weighted by atomic mass is 32.2. The Kier molecular flexibility index (Phi) is 6.32. The van der Waals surface area contributed by atoms with Gasteiger partial charge in [-0.1, -0.05) is 11.8 Å². The van der Waals surface area contributed by atoms with Gasteiger partial charge in [-0.15, -0.1) is 10.2 Å². The molecule has 0 unspecified atom stereocenters. The number of carbonyl (C=O) groups excluding carboxylic acids is 2. The summed E-state index contributed by atoms with van der Waals surface area (Å²) in [5, 5.41) is 10.3. The number of halogens is 1. The number of hydrogen-bond acceptors (Lipinski definition) is 6. The van der Waals surface area contributed by atoms with Crippen molar-refractivity contribution in [3.8, 4) is 5.69 Å². The molecule has 0 aliphatic heterocycles. The van der Waals surface area contributed by atoms with Crippen molar-refractivity contribution < 1.29 is 14.0 Å². The number of primary amides is 1. The molecule has 8 nitrogen and oxygen atoms in total. The molecule has 0 aliphatic carbocycles. The first kappa shape index (κ1) is 19.9. The Morgan fingerprint density at radius 2 is 1.85 bits per heavy atom. The number of amides is 3. The highest BCUT2D eigenvalue weighted by Gasteiger charge is 2.24. The maximum atomic E-state index is 13.3. The first-order valence-electron chi connectivity index (χ1n) is 7.85. The van der Waals surface area contributed by atoms with Gasteiger partial charge in [0.1, 0.15) is 5.82 Å². The van der Waals surface area contributed by atoms with Crippen molar-refractivity contribution >= 4 is 23.7 Å². The Morgan fingerprint density at radius 3 is 2.38 bits per heavy atom. The van der Waals surface area contributed by atoms with Crippen LogP contribution in [0.1, 0.15) is 25.7 Å². The van der Waals surface area contributed by atoms with Gasteiger partial charge >= 0.3 is 6.03 Å². The lowest BCUT2D eigenvalue weighted by Gasteiger charge is -2.20. The quantitative estimate of drug-likeness (QED) is 0.739. The lowest BCUT2D eigenvalue weighted by Crippen LogP contribution is -2.39. The molecular weight excluding hydrogens is 359 g/mol. The Labute approximate surface area is 154 Å². The van der Waals surface area contributed by atoms with Crippen molar-refractivity contribution in [1.82, 2.24) is 25.0 Å². The van der Waals surface area contributed by atoms with E-state index in [1.807, 2.05) is 31.2 Å². The Hall–Kier alpha value is -2.46. The van der Waals surface area contributed by atoms with Gasteiger partial charge in [0, 0.05) is 5.69 Å². The van der Waals surface area contributed by atoms with E-state index in [1.165, 1.54) is 12.1 Å². The number of nitrogens with one attached hydrogen (secondary N) is 1. The Bertz CT molecular complexity index is 793. The molecule has 0 radical (unpaired) electrons. The van der Waals surface area contributed by atoms with Crippen LogP contribution in [0.15, 0.2) is 29.4 Å². The predicted octanol–water partition coefficient (Wildman–Crippen LogP) is 1.70. The predicted molar refractivity (Wildman–Crippen MR) is 96.5 cm³/mol. The number of rotatable bonds is 6. The van der Waals surface area contributed by atoms with E-state index in [4.69, 9.17) is 5.73 Å². The average molecular weight is 380 g/mol. The molecule has 2 atom stereocenters. The molecule has 3 amide bonds. The van der Waals surface area contributed by atoms with Crippen LogP contribution >= 0.6 is 11.8 Å². The number of carbonyl (C=O) groups is 2. The molecule has 0 bridgehead atoms. The van der Waals surface area contributed by atoms with Crippen LogP contribution in [0.5, 0.6) is 0 Å². The minimum Gasteiger partial charge on any atom is -0.351 e. The van der Waals surface area contributed by atoms with Gasteiger partial charge in [-0.25, -0.2) is 9.18 Å². The maximum absolute atomic E-state index is 13.3. The molecule has 2 rings (SSSR count). The van der Waals surface area contributed by atoms with Crippen molar-refractivity contribution in [1.29, 1.82) is 0 Å². The Balaban J connectivity index is 2.41. The summed E-state index contributed by atoms with van der Waals surface area (Å²) in [5.74, 6) is -0.238. The van der Waals surface area contributed by atoms with Crippen LogP contribution in [0, 0.1) is 5.82 Å². The fourth-order valence-corrected chi connectivity index (χ4v) is 3.00. The molecule has 140 valence electrons. The number of nitrogens with two attached hydrogens (primary N) is 1. The van der Waals surface area contributed by atoms with E-state index in [0.29, 0.717) is 16.7 Å². The lowest BCUT2D eigenvalue weighted by atomic mass is 10.2. The summed E-state index contributed by atoms with van der Waals surface area (Å²) in [5.41, 5.74) is 5.65. The fourth-order valence-electron chi connectivity index (χ4n) is 2.13. The highest BCUT2D eigenvalue weighted by molar-refractivity contribution is 8.00. The van der Waals surface area contributed by atoms with Crippen molar-refractivity contribution in [2.75, 3.05) is 14.1 Å². The molecule has 2 aromatic rings. The van der Waals surface area contributed by atoms with E-state index in [2.05, 4.69) is 10.2 Å². The smallest absolute Gasteiger partial charge is 0.318 e. The second-order valence-corrected chi connectivity index (χ2v) is 7.21. The first-order chi connectivity index (χ1) is 12.2. The Morgan fingerprint density at radius 1 is 1.23 bits per heavy atom. The molecule has 1 aromatic heterocycles. The van der Waals surface area contributed by atoms with Crippen LogP contribution in [-0.2, 0) is 4.79 Å². The van der Waals surface area contributed by atoms with Gasteiger partial charge in [-0.05, 0) is 52.2 Å². The van der Waals surface area contributed by atoms with Crippen LogP contribution in [0.4, 0.5) is 9.18 Å². The van der Waals surface area contributed by atoms with E-state index in [0.717, 1.165) is 11.8 Å². The van der Waals surface area contributed by atoms with Crippen LogP contribution in [0.3, 0.4) is 0 Å². The summed E-state index contributed by atoms with van der Waals surface area (Å²) in [6, 6.07) is 4.93. The van der Waals surface area contributed by atoms with Crippen LogP contribution in [-0.4, -0.2) is 50.9 Å². The zero-order valence-electron chi connectivity index (χ0n) is 14.9. The minimum absolute atomic E-state index is 0.0725. The number of urea groups is 1. The first-order valence-corrected chi connectivity index (χ1v) is 8.73. The second kappa shape index (κ2) is 8.28. The number of thioether (sulfide) groups is 1. The van der Waals surface area contributed by atoms with Gasteiger partial charge in [0.25, 0.3) is 0 Å². The minimum atomic E-state index is -0.913. The maximum Gasteiger partial charge on any atom is 0.318 e. The van der Waals surface area contributed by atoms with E-state index in [9.17, 15) is 14.0 Å². The van der Waals surface area contributed by atoms with Gasteiger partial charge in [-0.3, -0.25) is 19.6 Å². The third kappa shape index (κ3) is 4.58. The molecule has 26 heavy (non-hydrogen) atoms. The number of aromatic nitrogens is 3. The van der Waals surface area contributed by atoms with Gasteiger partial charge in [0.05, 0.1) is 11.3 Å². The van der Waals surface area contributed by atoms with Crippen LogP contribution in [0.25, 0.3) is 5.69 Å². The molecule has 3 N–H and O–H groups in total. The molecule has 1 aromatic carbocycles. The summed E-state index contributed by atoms with van der Waals surface area (Å²) < 4.78 is 15.1. The normalized spacial score (nSPS) is 13.5. The average Bonchev–Trinajstić information content (AvgIpc) is 2.97. The number of imide groups is 1. The van der Waals surface area contributed by atoms with Gasteiger partial charge < -0.3 is 5.73 Å². The van der Waals surface area contributed by atoms with Crippen LogP contribution < -0.4 is 11.1 Å². The van der Waals surface area contributed by atoms with E-state index in [1.54, 1.807) is 23.6 Å². The SMILES string of the molecule is C[C@H](Sc1nnc([C@@H](C)N(C)C)n1-c1ccc(F)cc1)C(=O)NC(N)=O. The molecule has 0 aliphatic rings. The zero-order valence-corrected chi connectivity index (χ0v) is 15.7. The highest BCUT2D eigenvalue weighted by Crippen LogP contribution is 2.29. The molecular formula is C16H21FN6O2S. The molecule has 1 heterocycles. The van der Waals surface area contributed by atoms with Crippen molar-refractivity contribution in [2.45, 2.75) is 30.3 Å². The summed E-state index contributed by atoms with van der Waals surface area (Å²) in [6.07, 6.45) is 0. The molecule has 10 heteroatoms. The summed E-state index contributed by atoms with van der Waals surface area (Å²) in [4.78, 5) is 24.8. The van der Waals surface area contributed by atoms with E-state index < -0.39 is 17.2 Å². The molecule has 0 saturated heterocycles. The molecule has 0 spiro atoms. The second-order valence-electron chi connectivity index (χ2n) is 5.91. The summed E-state index contributed by atoms with van der Waals surface area (Å²) in [7, 11) is 3.81. The zero-order chi connectivity index (χ0) is 19.4. The summed E-state index contributed by atoms with van der Waals surface area (Å²) in [6.45, 7) is 3.59. The number of benzene rings is 1. The van der Waals surface area contributed by atoms with Gasteiger partial charge in [0.2, 0.25) is 5.91 Å². The van der Waals surface area contributed by atoms with Crippen LogP contribution in [0.2, 0.25) is 0 Å². The standard InChI is InChI=1S/C16H21FN6O2S/c1-9(22(3)4)13-20-21-16(26-10(2)14(24)19-15(18)25)23(13)12-7-5-11(17)6-8-12/h5-10H,1-4H3,(H3,18,19,24,25)/t9-,10+/m1/s1. The number of nitrogens with zero attached hydrogens (tertiary/aromatic N) is 4. The fraction of sp³-hybridized carbons (Fsp3) is 0.375. The third-order valence-corrected chi connectivity index (χ3v) is 4.83. The van der Waals surface area contributed by atoms with Crippen molar-refractivity contribution in [3.05, 3.63) is 35.9 Å². The third-order valence-electron chi connectivity index (χ3n) is 3.79. The lowest BCUT2D eigenvalue weighted by molar-refractivity contribution is -0.119. The summed E-state index contributed by atoms with van der Waals surface area (Å²) >= 11 is 1.13. The number of hydrogen-bond donors (Lipinski definition) is 2.